The average molecular weight is 648 g/mol. The minimum Gasteiger partial charge on any atom is -0.309 e. The van der Waals surface area contributed by atoms with E-state index < -0.39 is 0 Å². The second-order valence-corrected chi connectivity index (χ2v) is 13.3. The van der Waals surface area contributed by atoms with E-state index in [1.165, 1.54) is 87.9 Å². The summed E-state index contributed by atoms with van der Waals surface area (Å²) in [5.41, 5.74) is 13.4. The summed E-state index contributed by atoms with van der Waals surface area (Å²) in [6.07, 6.45) is 0. The van der Waals surface area contributed by atoms with E-state index in [2.05, 4.69) is 205 Å². The van der Waals surface area contributed by atoms with Crippen LogP contribution in [-0.2, 0) is 0 Å². The van der Waals surface area contributed by atoms with Crippen molar-refractivity contribution in [3.63, 3.8) is 0 Å². The summed E-state index contributed by atoms with van der Waals surface area (Å²) in [4.78, 5) is 0. The van der Waals surface area contributed by atoms with Gasteiger partial charge in [0.2, 0.25) is 0 Å². The topological polar surface area (TPSA) is 4.93 Å². The summed E-state index contributed by atoms with van der Waals surface area (Å²) >= 11 is 0. The summed E-state index contributed by atoms with van der Waals surface area (Å²) in [5, 5.41) is 7.57. The van der Waals surface area contributed by atoms with Crippen molar-refractivity contribution in [3.05, 3.63) is 200 Å². The van der Waals surface area contributed by atoms with Crippen LogP contribution >= 0.6 is 0 Å². The lowest BCUT2D eigenvalue weighted by Gasteiger charge is -2.13. The van der Waals surface area contributed by atoms with Crippen molar-refractivity contribution < 1.29 is 0 Å². The Kier molecular flexibility index (Phi) is 6.89. The van der Waals surface area contributed by atoms with Crippen LogP contribution in [0.25, 0.3) is 93.5 Å². The Morgan fingerprint density at radius 2 is 0.765 bits per heavy atom. The summed E-state index contributed by atoms with van der Waals surface area (Å²) in [6.45, 7) is 0. The van der Waals surface area contributed by atoms with E-state index in [0.717, 1.165) is 5.69 Å². The van der Waals surface area contributed by atoms with Crippen molar-refractivity contribution in [1.82, 2.24) is 4.57 Å². The normalized spacial score (nSPS) is 11.5. The number of nitrogens with zero attached hydrogens (tertiary/aromatic N) is 1. The molecule has 51 heavy (non-hydrogen) atoms. The molecular formula is C50H33N. The van der Waals surface area contributed by atoms with Crippen LogP contribution in [-0.4, -0.2) is 4.57 Å². The van der Waals surface area contributed by atoms with Gasteiger partial charge in [0, 0.05) is 16.5 Å². The van der Waals surface area contributed by atoms with Crippen molar-refractivity contribution in [1.29, 1.82) is 0 Å². The van der Waals surface area contributed by atoms with Gasteiger partial charge in [-0.1, -0.05) is 158 Å². The molecule has 0 unspecified atom stereocenters. The van der Waals surface area contributed by atoms with Gasteiger partial charge in [0.1, 0.15) is 0 Å². The summed E-state index contributed by atoms with van der Waals surface area (Å²) in [6, 6.07) is 72.9. The lowest BCUT2D eigenvalue weighted by molar-refractivity contribution is 1.18. The van der Waals surface area contributed by atoms with Crippen LogP contribution in [0.2, 0.25) is 0 Å². The minimum absolute atomic E-state index is 1.16. The first-order valence-electron chi connectivity index (χ1n) is 17.6. The second kappa shape index (κ2) is 12.0. The zero-order chi connectivity index (χ0) is 33.7. The molecular weight excluding hydrogens is 615 g/mol. The standard InChI is InChI=1S/C50H33N/c1-3-12-34(13-4-1)36-22-24-37(25-23-36)46-33-41-27-26-39(31-47(41)44-19-8-7-18-43(44)46)40-28-29-50-48(32-40)45-20-9-10-21-49(45)51(50)42-17-11-16-38(30-42)35-14-5-2-6-15-35/h1-33H. The molecule has 0 aliphatic heterocycles. The Morgan fingerprint density at radius 1 is 0.255 bits per heavy atom. The summed E-state index contributed by atoms with van der Waals surface area (Å²) < 4.78 is 2.41. The molecule has 0 aliphatic rings. The maximum Gasteiger partial charge on any atom is 0.0541 e. The van der Waals surface area contributed by atoms with Crippen molar-refractivity contribution in [3.8, 4) is 50.2 Å². The summed E-state index contributed by atoms with van der Waals surface area (Å²) in [5.74, 6) is 0. The van der Waals surface area contributed by atoms with E-state index >= 15 is 0 Å². The first-order chi connectivity index (χ1) is 25.3. The van der Waals surface area contributed by atoms with Crippen LogP contribution in [0.15, 0.2) is 200 Å². The molecule has 1 heterocycles. The van der Waals surface area contributed by atoms with Crippen LogP contribution < -0.4 is 0 Å². The van der Waals surface area contributed by atoms with Crippen molar-refractivity contribution >= 4 is 43.4 Å². The predicted octanol–water partition coefficient (Wildman–Crippen LogP) is 13.8. The molecule has 0 saturated carbocycles. The van der Waals surface area contributed by atoms with Gasteiger partial charge in [0.25, 0.3) is 0 Å². The van der Waals surface area contributed by atoms with Crippen LogP contribution in [0.1, 0.15) is 0 Å². The van der Waals surface area contributed by atoms with E-state index in [9.17, 15) is 0 Å². The molecule has 0 saturated heterocycles. The van der Waals surface area contributed by atoms with Gasteiger partial charge in [-0.25, -0.2) is 0 Å². The number of rotatable bonds is 5. The Morgan fingerprint density at radius 3 is 1.53 bits per heavy atom. The quantitative estimate of drug-likeness (QED) is 0.164. The monoisotopic (exact) mass is 647 g/mol. The van der Waals surface area contributed by atoms with E-state index in [1.54, 1.807) is 0 Å². The zero-order valence-corrected chi connectivity index (χ0v) is 28.0. The van der Waals surface area contributed by atoms with Crippen molar-refractivity contribution in [2.45, 2.75) is 0 Å². The maximum absolute atomic E-state index is 2.41. The molecule has 0 aliphatic carbocycles. The number of benzene rings is 9. The third kappa shape index (κ3) is 5.02. The second-order valence-electron chi connectivity index (χ2n) is 13.3. The largest absolute Gasteiger partial charge is 0.309 e. The fourth-order valence-electron chi connectivity index (χ4n) is 7.88. The van der Waals surface area contributed by atoms with E-state index in [-0.39, 0.29) is 0 Å². The highest BCUT2D eigenvalue weighted by molar-refractivity contribution is 6.15. The van der Waals surface area contributed by atoms with Gasteiger partial charge in [-0.2, -0.15) is 0 Å². The van der Waals surface area contributed by atoms with Gasteiger partial charge < -0.3 is 4.57 Å². The number of para-hydroxylation sites is 1. The number of fused-ring (bicyclic) bond motifs is 6. The van der Waals surface area contributed by atoms with Gasteiger partial charge in [0.15, 0.2) is 0 Å². The highest BCUT2D eigenvalue weighted by Gasteiger charge is 2.15. The maximum atomic E-state index is 2.41. The van der Waals surface area contributed by atoms with E-state index in [4.69, 9.17) is 0 Å². The molecule has 1 nitrogen and oxygen atoms in total. The molecule has 0 atom stereocenters. The fraction of sp³-hybridized carbons (Fsp3) is 0. The molecule has 0 spiro atoms. The van der Waals surface area contributed by atoms with E-state index in [0.29, 0.717) is 0 Å². The van der Waals surface area contributed by atoms with Crippen molar-refractivity contribution in [2.24, 2.45) is 0 Å². The predicted molar refractivity (Wildman–Crippen MR) is 218 cm³/mol. The SMILES string of the molecule is c1ccc(-c2ccc(-c3cc4ccc(-c5ccc6c(c5)c5ccccc5n6-c5cccc(-c6ccccc6)c5)cc4c4ccccc34)cc2)cc1. The minimum atomic E-state index is 1.16. The molecule has 9 aromatic carbocycles. The molecule has 0 amide bonds. The Hall–Kier alpha value is -6.70. The highest BCUT2D eigenvalue weighted by atomic mass is 15.0. The molecule has 10 aromatic rings. The van der Waals surface area contributed by atoms with Gasteiger partial charge >= 0.3 is 0 Å². The molecule has 0 radical (unpaired) electrons. The smallest absolute Gasteiger partial charge is 0.0541 e. The fourth-order valence-corrected chi connectivity index (χ4v) is 7.88. The van der Waals surface area contributed by atoms with Gasteiger partial charge in [-0.15, -0.1) is 0 Å². The van der Waals surface area contributed by atoms with Gasteiger partial charge in [-0.3, -0.25) is 0 Å². The molecule has 1 aromatic heterocycles. The Labute approximate surface area is 297 Å². The Balaban J connectivity index is 1.08. The first-order valence-corrected chi connectivity index (χ1v) is 17.6. The molecule has 238 valence electrons. The molecule has 1 heteroatoms. The highest BCUT2D eigenvalue weighted by Crippen LogP contribution is 2.39. The Bertz CT molecular complexity index is 2880. The number of hydrogen-bond acceptors (Lipinski definition) is 0. The van der Waals surface area contributed by atoms with E-state index in [1.807, 2.05) is 0 Å². The number of aromatic nitrogens is 1. The lowest BCUT2D eigenvalue weighted by atomic mass is 9.91. The van der Waals surface area contributed by atoms with Crippen LogP contribution in [0.3, 0.4) is 0 Å². The third-order valence-corrected chi connectivity index (χ3v) is 10.4. The first kappa shape index (κ1) is 29.2. The molecule has 0 fully saturated rings. The van der Waals surface area contributed by atoms with Gasteiger partial charge in [0.05, 0.1) is 11.0 Å². The molecule has 10 rings (SSSR count). The average Bonchev–Trinajstić information content (AvgIpc) is 3.55. The number of hydrogen-bond donors (Lipinski definition) is 0. The molecule has 0 bridgehead atoms. The molecule has 0 N–H and O–H groups in total. The summed E-state index contributed by atoms with van der Waals surface area (Å²) in [7, 11) is 0. The van der Waals surface area contributed by atoms with Gasteiger partial charge in [-0.05, 0) is 109 Å². The van der Waals surface area contributed by atoms with Crippen LogP contribution in [0.5, 0.6) is 0 Å². The lowest BCUT2D eigenvalue weighted by Crippen LogP contribution is -1.94. The van der Waals surface area contributed by atoms with Crippen molar-refractivity contribution in [2.75, 3.05) is 0 Å². The zero-order valence-electron chi connectivity index (χ0n) is 28.0. The van der Waals surface area contributed by atoms with Crippen LogP contribution in [0.4, 0.5) is 0 Å². The third-order valence-electron chi connectivity index (χ3n) is 10.4. The van der Waals surface area contributed by atoms with Crippen LogP contribution in [0, 0.1) is 0 Å².